The van der Waals surface area contributed by atoms with E-state index in [1.165, 1.54) is 30.0 Å². The molecule has 1 saturated heterocycles. The van der Waals surface area contributed by atoms with E-state index in [0.29, 0.717) is 56.0 Å². The van der Waals surface area contributed by atoms with E-state index in [0.717, 1.165) is 42.2 Å². The molecule has 2 aromatic heterocycles. The molecule has 0 bridgehead atoms. The lowest BCUT2D eigenvalue weighted by Crippen LogP contribution is -2.51. The van der Waals surface area contributed by atoms with Gasteiger partial charge in [0, 0.05) is 40.4 Å². The number of nitrogens with zero attached hydrogens (tertiary/aromatic N) is 5. The summed E-state index contributed by atoms with van der Waals surface area (Å²) < 4.78 is 16.6. The van der Waals surface area contributed by atoms with Crippen molar-refractivity contribution >= 4 is 58.5 Å². The summed E-state index contributed by atoms with van der Waals surface area (Å²) in [6, 6.07) is 17.4. The number of hydrogen-bond donors (Lipinski definition) is 2. The van der Waals surface area contributed by atoms with Gasteiger partial charge in [-0.1, -0.05) is 61.5 Å². The number of thiazole rings is 1. The minimum absolute atomic E-state index is 0.0302. The smallest absolute Gasteiger partial charge is 0.408 e. The van der Waals surface area contributed by atoms with Gasteiger partial charge in [0.05, 0.1) is 11.3 Å². The van der Waals surface area contributed by atoms with Gasteiger partial charge >= 0.3 is 12.1 Å². The van der Waals surface area contributed by atoms with Crippen molar-refractivity contribution in [3.8, 4) is 39.6 Å². The Morgan fingerprint density at radius 3 is 2.22 bits per heavy atom. The van der Waals surface area contributed by atoms with Crippen molar-refractivity contribution in [3.05, 3.63) is 75.8 Å². The van der Waals surface area contributed by atoms with Crippen LogP contribution in [0.1, 0.15) is 77.6 Å². The number of ether oxygens (including phenoxy) is 3. The zero-order valence-corrected chi connectivity index (χ0v) is 36.4. The SMILES string of the molecule is CC(C)C[C@H](NC(=O)[C@H](C)NC(=O)OC(C)(C)C)C(=O)OCCOc1ccc(-c2c(C#N)c(SCc3csc(-c4ccc(Cl)cc4)n3)nc(N3CCCC3)c2C#N)cc1. The maximum absolute atomic E-state index is 13.1. The first-order valence-electron chi connectivity index (χ1n) is 19.3. The number of rotatable bonds is 16. The van der Waals surface area contributed by atoms with Crippen LogP contribution in [0.4, 0.5) is 10.6 Å². The fourth-order valence-corrected chi connectivity index (χ4v) is 8.14. The molecular formula is C43H48ClN7O6S2. The van der Waals surface area contributed by atoms with Crippen molar-refractivity contribution in [2.24, 2.45) is 5.92 Å². The minimum atomic E-state index is -0.949. The molecule has 310 valence electrons. The fraction of sp³-hybridized carbons (Fsp3) is 0.419. The van der Waals surface area contributed by atoms with E-state index in [4.69, 9.17) is 35.8 Å². The molecule has 2 aromatic carbocycles. The molecular weight excluding hydrogens is 810 g/mol. The highest BCUT2D eigenvalue weighted by Gasteiger charge is 2.29. The third-order valence-electron chi connectivity index (χ3n) is 8.95. The summed E-state index contributed by atoms with van der Waals surface area (Å²) in [4.78, 5) is 49.9. The summed E-state index contributed by atoms with van der Waals surface area (Å²) in [6.45, 7) is 12.0. The van der Waals surface area contributed by atoms with Crippen LogP contribution in [0.5, 0.6) is 5.75 Å². The summed E-state index contributed by atoms with van der Waals surface area (Å²) in [5, 5.41) is 30.2. The van der Waals surface area contributed by atoms with Crippen molar-refractivity contribution < 1.29 is 28.6 Å². The Balaban J connectivity index is 1.25. The van der Waals surface area contributed by atoms with Crippen LogP contribution in [-0.4, -0.2) is 71.9 Å². The molecule has 16 heteroatoms. The number of nitriles is 2. The Morgan fingerprint density at radius 1 is 0.932 bits per heavy atom. The number of hydrogen-bond acceptors (Lipinski definition) is 13. The number of benzene rings is 2. The highest BCUT2D eigenvalue weighted by Crippen LogP contribution is 2.40. The second-order valence-corrected chi connectivity index (χ2v) is 17.6. The topological polar surface area (TPSA) is 180 Å². The zero-order chi connectivity index (χ0) is 42.7. The average molecular weight is 858 g/mol. The van der Waals surface area contributed by atoms with Crippen LogP contribution in [0.25, 0.3) is 21.7 Å². The van der Waals surface area contributed by atoms with E-state index >= 15 is 0 Å². The Bertz CT molecular complexity index is 2190. The number of esters is 1. The number of pyridine rings is 1. The summed E-state index contributed by atoms with van der Waals surface area (Å²) in [5.74, 6) is 0.408. The normalized spacial score (nSPS) is 13.6. The number of carbonyl (C=O) groups is 3. The van der Waals surface area contributed by atoms with E-state index in [1.807, 2.05) is 43.5 Å². The van der Waals surface area contributed by atoms with Gasteiger partial charge in [-0.3, -0.25) is 4.79 Å². The maximum Gasteiger partial charge on any atom is 0.408 e. The van der Waals surface area contributed by atoms with Crippen molar-refractivity contribution in [2.45, 2.75) is 89.3 Å². The second-order valence-electron chi connectivity index (χ2n) is 15.3. The van der Waals surface area contributed by atoms with E-state index in [9.17, 15) is 24.9 Å². The predicted octanol–water partition coefficient (Wildman–Crippen LogP) is 8.53. The van der Waals surface area contributed by atoms with Crippen LogP contribution >= 0.6 is 34.7 Å². The molecule has 1 aliphatic rings. The zero-order valence-electron chi connectivity index (χ0n) is 34.0. The van der Waals surface area contributed by atoms with Gasteiger partial charge in [-0.05, 0) is 82.7 Å². The molecule has 4 aromatic rings. The number of thioether (sulfide) groups is 1. The number of amides is 2. The fourth-order valence-electron chi connectivity index (χ4n) is 6.21. The van der Waals surface area contributed by atoms with Crippen LogP contribution in [0.2, 0.25) is 5.02 Å². The minimum Gasteiger partial charge on any atom is -0.490 e. The summed E-state index contributed by atoms with van der Waals surface area (Å²) in [7, 11) is 0. The number of alkyl carbamates (subject to hydrolysis) is 1. The van der Waals surface area contributed by atoms with Crippen LogP contribution in [0.3, 0.4) is 0 Å². The number of nitrogens with one attached hydrogen (secondary N) is 2. The van der Waals surface area contributed by atoms with Crippen LogP contribution < -0.4 is 20.3 Å². The van der Waals surface area contributed by atoms with E-state index in [1.54, 1.807) is 45.0 Å². The first-order chi connectivity index (χ1) is 28.1. The highest BCUT2D eigenvalue weighted by atomic mass is 35.5. The van der Waals surface area contributed by atoms with Gasteiger partial charge in [0.15, 0.2) is 0 Å². The standard InChI is InChI=1S/C43H48ClN7O6S2/c1-26(2)21-35(49-38(52)27(3)47-42(54)57-43(4,5)6)41(53)56-20-19-55-32-15-11-28(12-16-32)36-33(22-45)37(51-17-7-8-18-51)50-40(34(36)23-46)59-25-31-24-58-39(48-31)29-9-13-30(44)14-10-29/h9-16,24,26-27,35H,7-8,17-21,25H2,1-6H3,(H,47,54)(H,49,52)/t27-,35-/m0/s1. The van der Waals surface area contributed by atoms with Crippen molar-refractivity contribution in [1.82, 2.24) is 20.6 Å². The number of anilines is 1. The molecule has 1 aliphatic heterocycles. The largest absolute Gasteiger partial charge is 0.490 e. The Morgan fingerprint density at radius 2 is 1.59 bits per heavy atom. The number of carbonyl (C=O) groups excluding carboxylic acids is 3. The number of halogens is 1. The summed E-state index contributed by atoms with van der Waals surface area (Å²) in [5.41, 5.74) is 2.89. The predicted molar refractivity (Wildman–Crippen MR) is 229 cm³/mol. The van der Waals surface area contributed by atoms with Gasteiger partial charge < -0.3 is 29.7 Å². The number of aromatic nitrogens is 2. The van der Waals surface area contributed by atoms with E-state index in [-0.39, 0.29) is 19.1 Å². The molecule has 3 heterocycles. The third kappa shape index (κ3) is 12.6. The maximum atomic E-state index is 13.1. The van der Waals surface area contributed by atoms with Crippen molar-refractivity contribution in [1.29, 1.82) is 10.5 Å². The van der Waals surface area contributed by atoms with Gasteiger partial charge in [-0.2, -0.15) is 10.5 Å². The molecule has 0 saturated carbocycles. The van der Waals surface area contributed by atoms with Crippen LogP contribution in [-0.2, 0) is 24.8 Å². The van der Waals surface area contributed by atoms with Crippen LogP contribution in [0.15, 0.2) is 58.9 Å². The molecule has 13 nitrogen and oxygen atoms in total. The Labute approximate surface area is 358 Å². The molecule has 0 aliphatic carbocycles. The molecule has 0 unspecified atom stereocenters. The monoisotopic (exact) mass is 857 g/mol. The van der Waals surface area contributed by atoms with E-state index < -0.39 is 35.7 Å². The summed E-state index contributed by atoms with van der Waals surface area (Å²) >= 11 is 9.01. The van der Waals surface area contributed by atoms with Crippen molar-refractivity contribution in [3.63, 3.8) is 0 Å². The summed E-state index contributed by atoms with van der Waals surface area (Å²) in [6.07, 6.45) is 1.55. The lowest BCUT2D eigenvalue weighted by atomic mass is 9.96. The quantitative estimate of drug-likeness (QED) is 0.0624. The van der Waals surface area contributed by atoms with Gasteiger partial charge in [-0.15, -0.1) is 11.3 Å². The van der Waals surface area contributed by atoms with Crippen molar-refractivity contribution in [2.75, 3.05) is 31.2 Å². The molecule has 59 heavy (non-hydrogen) atoms. The van der Waals surface area contributed by atoms with Crippen LogP contribution in [0, 0.1) is 28.6 Å². The highest BCUT2D eigenvalue weighted by molar-refractivity contribution is 7.98. The van der Waals surface area contributed by atoms with E-state index in [2.05, 4.69) is 27.7 Å². The Hall–Kier alpha value is -5.35. The first kappa shape index (κ1) is 44.7. The van der Waals surface area contributed by atoms with Gasteiger partial charge in [0.25, 0.3) is 0 Å². The lowest BCUT2D eigenvalue weighted by molar-refractivity contribution is -0.149. The molecule has 1 fully saturated rings. The molecule has 0 spiro atoms. The van der Waals surface area contributed by atoms with Gasteiger partial charge in [0.2, 0.25) is 5.91 Å². The molecule has 0 radical (unpaired) electrons. The average Bonchev–Trinajstić information content (AvgIpc) is 3.91. The molecule has 2 amide bonds. The second kappa shape index (κ2) is 20.6. The molecule has 5 rings (SSSR count). The molecule has 2 atom stereocenters. The van der Waals surface area contributed by atoms with Gasteiger partial charge in [0.1, 0.15) is 70.2 Å². The Kier molecular flexibility index (Phi) is 15.6. The third-order valence-corrected chi connectivity index (χ3v) is 11.1. The van der Waals surface area contributed by atoms with Gasteiger partial charge in [-0.25, -0.2) is 19.6 Å². The lowest BCUT2D eigenvalue weighted by Gasteiger charge is -2.24. The first-order valence-corrected chi connectivity index (χ1v) is 21.6. The molecule has 2 N–H and O–H groups in total.